The third kappa shape index (κ3) is 3.60. The monoisotopic (exact) mass is 383 g/mol. The number of halogens is 1. The number of hydrogen-bond acceptors (Lipinski definition) is 5. The summed E-state index contributed by atoms with van der Waals surface area (Å²) >= 11 is 0. The number of benzene rings is 1. The molecule has 1 saturated carbocycles. The lowest BCUT2D eigenvalue weighted by atomic mass is 9.98. The second-order valence-corrected chi connectivity index (χ2v) is 7.44. The van der Waals surface area contributed by atoms with Gasteiger partial charge in [-0.15, -0.1) is 0 Å². The van der Waals surface area contributed by atoms with Crippen LogP contribution in [-0.4, -0.2) is 45.8 Å². The van der Waals surface area contributed by atoms with Crippen LogP contribution in [0.4, 0.5) is 4.39 Å². The standard InChI is InChI=1S/C20H22FN5O2/c21-14-4-1-12(2-5-14)9-25-19(27)17-18(24-8-7-23-17)20(28)26-10-13-3-6-16(22)15(13)11-26/h1-2,4-5,7-8,13,15-16H,3,6,9-11,22H2,(H,25,27). The Kier molecular flexibility index (Phi) is 5.04. The lowest BCUT2D eigenvalue weighted by molar-refractivity contribution is 0.0764. The van der Waals surface area contributed by atoms with Crippen LogP contribution >= 0.6 is 0 Å². The number of fused-ring (bicyclic) bond motifs is 1. The van der Waals surface area contributed by atoms with Crippen molar-refractivity contribution in [2.45, 2.75) is 25.4 Å². The van der Waals surface area contributed by atoms with Gasteiger partial charge in [0.05, 0.1) is 0 Å². The zero-order valence-electron chi connectivity index (χ0n) is 15.3. The highest BCUT2D eigenvalue weighted by atomic mass is 19.1. The van der Waals surface area contributed by atoms with Crippen LogP contribution in [0.2, 0.25) is 0 Å². The zero-order chi connectivity index (χ0) is 19.7. The number of aromatic nitrogens is 2. The van der Waals surface area contributed by atoms with Crippen LogP contribution in [0.3, 0.4) is 0 Å². The minimum absolute atomic E-state index is 0.00373. The van der Waals surface area contributed by atoms with Crippen LogP contribution in [0.25, 0.3) is 0 Å². The largest absolute Gasteiger partial charge is 0.347 e. The minimum atomic E-state index is -0.489. The molecule has 1 saturated heterocycles. The molecule has 7 nitrogen and oxygen atoms in total. The smallest absolute Gasteiger partial charge is 0.274 e. The first-order valence-electron chi connectivity index (χ1n) is 9.41. The maximum absolute atomic E-state index is 13.0. The summed E-state index contributed by atoms with van der Waals surface area (Å²) in [5, 5.41) is 2.71. The van der Waals surface area contributed by atoms with Crippen molar-refractivity contribution in [3.8, 4) is 0 Å². The third-order valence-electron chi connectivity index (χ3n) is 5.68. The van der Waals surface area contributed by atoms with Gasteiger partial charge in [0, 0.05) is 38.1 Å². The summed E-state index contributed by atoms with van der Waals surface area (Å²) in [4.78, 5) is 35.5. The number of nitrogens with zero attached hydrogens (tertiary/aromatic N) is 3. The Morgan fingerprint density at radius 2 is 1.82 bits per heavy atom. The topological polar surface area (TPSA) is 101 Å². The van der Waals surface area contributed by atoms with Crippen molar-refractivity contribution < 1.29 is 14.0 Å². The van der Waals surface area contributed by atoms with Gasteiger partial charge in [0.15, 0.2) is 11.4 Å². The molecular weight excluding hydrogens is 361 g/mol. The summed E-state index contributed by atoms with van der Waals surface area (Å²) in [5.41, 5.74) is 6.94. The Balaban J connectivity index is 1.46. The van der Waals surface area contributed by atoms with Crippen LogP contribution in [0.1, 0.15) is 39.4 Å². The quantitative estimate of drug-likeness (QED) is 0.830. The van der Waals surface area contributed by atoms with Crippen molar-refractivity contribution in [2.24, 2.45) is 17.6 Å². The van der Waals surface area contributed by atoms with Crippen LogP contribution in [0.5, 0.6) is 0 Å². The molecule has 28 heavy (non-hydrogen) atoms. The molecule has 1 aromatic carbocycles. The summed E-state index contributed by atoms with van der Waals surface area (Å²) in [6.07, 6.45) is 4.82. The molecule has 8 heteroatoms. The molecule has 3 atom stereocenters. The molecule has 1 aliphatic carbocycles. The van der Waals surface area contributed by atoms with E-state index in [2.05, 4.69) is 15.3 Å². The fourth-order valence-electron chi connectivity index (χ4n) is 4.15. The lowest BCUT2D eigenvalue weighted by Crippen LogP contribution is -2.36. The second kappa shape index (κ2) is 7.63. The molecule has 2 aliphatic rings. The molecule has 146 valence electrons. The van der Waals surface area contributed by atoms with Gasteiger partial charge >= 0.3 is 0 Å². The normalized spacial score (nSPS) is 23.5. The van der Waals surface area contributed by atoms with E-state index in [1.807, 2.05) is 0 Å². The van der Waals surface area contributed by atoms with E-state index in [1.165, 1.54) is 24.5 Å². The van der Waals surface area contributed by atoms with Crippen molar-refractivity contribution in [3.05, 3.63) is 59.4 Å². The average molecular weight is 383 g/mol. The van der Waals surface area contributed by atoms with E-state index in [0.29, 0.717) is 24.9 Å². The predicted molar refractivity (Wildman–Crippen MR) is 99.7 cm³/mol. The molecule has 3 unspecified atom stereocenters. The van der Waals surface area contributed by atoms with Crippen LogP contribution in [-0.2, 0) is 6.54 Å². The van der Waals surface area contributed by atoms with Crippen LogP contribution in [0, 0.1) is 17.7 Å². The molecule has 2 amide bonds. The lowest BCUT2D eigenvalue weighted by Gasteiger charge is -2.19. The van der Waals surface area contributed by atoms with E-state index in [-0.39, 0.29) is 35.7 Å². The van der Waals surface area contributed by atoms with E-state index in [4.69, 9.17) is 5.73 Å². The Hall–Kier alpha value is -2.87. The average Bonchev–Trinajstić information content (AvgIpc) is 3.29. The van der Waals surface area contributed by atoms with Crippen molar-refractivity contribution in [3.63, 3.8) is 0 Å². The fraction of sp³-hybridized carbons (Fsp3) is 0.400. The van der Waals surface area contributed by atoms with E-state index >= 15 is 0 Å². The maximum atomic E-state index is 13.0. The third-order valence-corrected chi connectivity index (χ3v) is 5.68. The fourth-order valence-corrected chi connectivity index (χ4v) is 4.15. The maximum Gasteiger partial charge on any atom is 0.274 e. The number of nitrogens with two attached hydrogens (primary N) is 1. The van der Waals surface area contributed by atoms with Gasteiger partial charge in [0.1, 0.15) is 5.82 Å². The number of rotatable bonds is 4. The highest BCUT2D eigenvalue weighted by molar-refractivity contribution is 6.04. The summed E-state index contributed by atoms with van der Waals surface area (Å²) in [7, 11) is 0. The molecule has 2 fully saturated rings. The summed E-state index contributed by atoms with van der Waals surface area (Å²) in [6, 6.07) is 5.96. The minimum Gasteiger partial charge on any atom is -0.347 e. The predicted octanol–water partition coefficient (Wildman–Crippen LogP) is 1.35. The number of carbonyl (C=O) groups is 2. The van der Waals surface area contributed by atoms with Gasteiger partial charge in [0.2, 0.25) is 0 Å². The van der Waals surface area contributed by atoms with Crippen molar-refractivity contribution in [2.75, 3.05) is 13.1 Å². The highest BCUT2D eigenvalue weighted by Gasteiger charge is 2.43. The molecule has 2 aromatic rings. The molecule has 0 spiro atoms. The number of amides is 2. The Labute approximate surface area is 162 Å². The molecule has 4 rings (SSSR count). The zero-order valence-corrected chi connectivity index (χ0v) is 15.3. The molecule has 2 heterocycles. The first-order valence-corrected chi connectivity index (χ1v) is 9.41. The highest BCUT2D eigenvalue weighted by Crippen LogP contribution is 2.37. The van der Waals surface area contributed by atoms with E-state index in [0.717, 1.165) is 18.4 Å². The van der Waals surface area contributed by atoms with Gasteiger partial charge in [-0.25, -0.2) is 14.4 Å². The Morgan fingerprint density at radius 1 is 1.11 bits per heavy atom. The Bertz CT molecular complexity index is 888. The number of carbonyl (C=O) groups excluding carboxylic acids is 2. The summed E-state index contributed by atoms with van der Waals surface area (Å²) < 4.78 is 13.0. The van der Waals surface area contributed by atoms with Gasteiger partial charge in [-0.2, -0.15) is 0 Å². The van der Waals surface area contributed by atoms with Crippen molar-refractivity contribution in [1.29, 1.82) is 0 Å². The first-order chi connectivity index (χ1) is 13.5. The van der Waals surface area contributed by atoms with E-state index < -0.39 is 5.91 Å². The van der Waals surface area contributed by atoms with Gasteiger partial charge in [-0.05, 0) is 42.4 Å². The van der Waals surface area contributed by atoms with Crippen LogP contribution in [0.15, 0.2) is 36.7 Å². The molecule has 0 radical (unpaired) electrons. The SMILES string of the molecule is NC1CCC2CN(C(=O)c3nccnc3C(=O)NCc3ccc(F)cc3)CC12. The number of hydrogen-bond donors (Lipinski definition) is 2. The molecule has 1 aliphatic heterocycles. The molecular formula is C20H22FN5O2. The van der Waals surface area contributed by atoms with Gasteiger partial charge in [-0.1, -0.05) is 12.1 Å². The second-order valence-electron chi connectivity index (χ2n) is 7.44. The Morgan fingerprint density at radius 3 is 2.54 bits per heavy atom. The van der Waals surface area contributed by atoms with Crippen LogP contribution < -0.4 is 11.1 Å². The molecule has 0 bridgehead atoms. The molecule has 3 N–H and O–H groups in total. The number of nitrogens with one attached hydrogen (secondary N) is 1. The van der Waals surface area contributed by atoms with Gasteiger partial charge in [0.25, 0.3) is 11.8 Å². The van der Waals surface area contributed by atoms with Crippen molar-refractivity contribution >= 4 is 11.8 Å². The first kappa shape index (κ1) is 18.5. The van der Waals surface area contributed by atoms with E-state index in [1.54, 1.807) is 17.0 Å². The summed E-state index contributed by atoms with van der Waals surface area (Å²) in [5.74, 6) is -0.381. The van der Waals surface area contributed by atoms with E-state index in [9.17, 15) is 14.0 Å². The number of likely N-dealkylation sites (tertiary alicyclic amines) is 1. The van der Waals surface area contributed by atoms with Gasteiger partial charge < -0.3 is 16.0 Å². The van der Waals surface area contributed by atoms with Crippen molar-refractivity contribution in [1.82, 2.24) is 20.2 Å². The molecule has 1 aromatic heterocycles. The summed E-state index contributed by atoms with van der Waals surface area (Å²) in [6.45, 7) is 1.44. The van der Waals surface area contributed by atoms with Gasteiger partial charge in [-0.3, -0.25) is 9.59 Å².